The highest BCUT2D eigenvalue weighted by Crippen LogP contribution is 2.59. The first kappa shape index (κ1) is 36.3. The highest BCUT2D eigenvalue weighted by Gasteiger charge is 2.75. The van der Waals surface area contributed by atoms with Crippen LogP contribution < -0.4 is 0 Å². The van der Waals surface area contributed by atoms with Crippen LogP contribution in [0.3, 0.4) is 0 Å². The van der Waals surface area contributed by atoms with Gasteiger partial charge in [-0.3, -0.25) is 19.2 Å². The number of esters is 1. The fraction of sp³-hybridized carbons (Fsp3) is 0.622. The Morgan fingerprint density at radius 3 is 2.47 bits per heavy atom. The van der Waals surface area contributed by atoms with E-state index in [4.69, 9.17) is 9.47 Å². The van der Waals surface area contributed by atoms with E-state index in [0.717, 1.165) is 5.56 Å². The highest BCUT2D eigenvalue weighted by atomic mass is 16.6. The van der Waals surface area contributed by atoms with Gasteiger partial charge in [0, 0.05) is 38.7 Å². The molecular formula is C37H53N3O7. The number of unbranched alkanes of at least 4 members (excludes halogenated alkanes) is 2. The summed E-state index contributed by atoms with van der Waals surface area (Å²) in [7, 11) is 1.70. The molecule has 3 aliphatic rings. The molecule has 2 bridgehead atoms. The Balaban J connectivity index is 1.68. The Hall–Kier alpha value is -3.50. The minimum absolute atomic E-state index is 0.0504. The number of allylic oxidation sites excluding steroid dienone is 1. The standard InChI is InChI=1S/C37H53N3O7/c1-8-10-19-28(42)38(7)25(3)31(26-17-13-11-14-18-26)46-35(45)29-27-20-21-37(47-27)30(29)33(43)39(23-15-12-16-24-41)32(37)34(44)40(22-9-2)36(4,5)6/h8-9,11,13-14,17-18,25,27,29-32,41H,1-2,10,12,15-16,19-24H2,3-7H3/t25-,27-,29+,30+,31+,32-,37+/m1/s1. The van der Waals surface area contributed by atoms with Gasteiger partial charge in [-0.05, 0) is 71.8 Å². The lowest BCUT2D eigenvalue weighted by molar-refractivity contribution is -0.164. The second kappa shape index (κ2) is 15.2. The molecule has 0 aromatic heterocycles. The molecule has 47 heavy (non-hydrogen) atoms. The van der Waals surface area contributed by atoms with E-state index in [1.165, 1.54) is 0 Å². The van der Waals surface area contributed by atoms with Crippen LogP contribution in [0.5, 0.6) is 0 Å². The Kier molecular flexibility index (Phi) is 11.7. The normalized spacial score (nSPS) is 26.0. The molecule has 0 radical (unpaired) electrons. The Morgan fingerprint density at radius 1 is 1.15 bits per heavy atom. The molecule has 10 heteroatoms. The fourth-order valence-electron chi connectivity index (χ4n) is 7.61. The van der Waals surface area contributed by atoms with Gasteiger partial charge in [0.15, 0.2) is 0 Å². The number of rotatable bonds is 16. The topological polar surface area (TPSA) is 117 Å². The first-order valence-electron chi connectivity index (χ1n) is 17.0. The van der Waals surface area contributed by atoms with Gasteiger partial charge in [-0.2, -0.15) is 0 Å². The van der Waals surface area contributed by atoms with E-state index in [-0.39, 0.29) is 24.3 Å². The lowest BCUT2D eigenvalue weighted by Crippen LogP contribution is -2.59. The Labute approximate surface area is 279 Å². The zero-order valence-corrected chi connectivity index (χ0v) is 28.7. The van der Waals surface area contributed by atoms with E-state index < -0.39 is 53.2 Å². The average molecular weight is 652 g/mol. The number of fused-ring (bicyclic) bond motifs is 1. The number of benzene rings is 1. The molecule has 0 saturated carbocycles. The quantitative estimate of drug-likeness (QED) is 0.160. The van der Waals surface area contributed by atoms with Crippen molar-refractivity contribution in [1.29, 1.82) is 0 Å². The van der Waals surface area contributed by atoms with Crippen LogP contribution in [0.2, 0.25) is 0 Å². The number of likely N-dealkylation sites (tertiary alicyclic amines) is 1. The lowest BCUT2D eigenvalue weighted by Gasteiger charge is -2.42. The third-order valence-corrected chi connectivity index (χ3v) is 10.1. The van der Waals surface area contributed by atoms with E-state index in [0.29, 0.717) is 58.0 Å². The summed E-state index contributed by atoms with van der Waals surface area (Å²) in [5.74, 6) is -2.91. The molecule has 1 aromatic carbocycles. The molecule has 1 aromatic rings. The van der Waals surface area contributed by atoms with Crippen LogP contribution in [0.15, 0.2) is 55.6 Å². The summed E-state index contributed by atoms with van der Waals surface area (Å²) >= 11 is 0. The number of nitrogens with zero attached hydrogens (tertiary/aromatic N) is 3. The molecule has 0 unspecified atom stereocenters. The van der Waals surface area contributed by atoms with Gasteiger partial charge in [-0.15, -0.1) is 13.2 Å². The van der Waals surface area contributed by atoms with Gasteiger partial charge in [-0.1, -0.05) is 42.5 Å². The molecule has 1 spiro atoms. The van der Waals surface area contributed by atoms with Crippen LogP contribution in [0.1, 0.15) is 84.3 Å². The van der Waals surface area contributed by atoms with Crippen molar-refractivity contribution in [1.82, 2.24) is 14.7 Å². The lowest BCUT2D eigenvalue weighted by atomic mass is 9.70. The molecule has 7 atom stereocenters. The van der Waals surface area contributed by atoms with Gasteiger partial charge in [0.1, 0.15) is 17.7 Å². The van der Waals surface area contributed by atoms with Gasteiger partial charge in [0.2, 0.25) is 17.7 Å². The summed E-state index contributed by atoms with van der Waals surface area (Å²) in [5.41, 5.74) is -0.971. The predicted molar refractivity (Wildman–Crippen MR) is 179 cm³/mol. The number of aliphatic hydroxyl groups excluding tert-OH is 1. The van der Waals surface area contributed by atoms with Crippen molar-refractivity contribution in [2.45, 2.75) is 108 Å². The summed E-state index contributed by atoms with van der Waals surface area (Å²) in [6, 6.07) is 7.91. The molecule has 3 heterocycles. The van der Waals surface area contributed by atoms with Crippen LogP contribution >= 0.6 is 0 Å². The zero-order valence-electron chi connectivity index (χ0n) is 28.7. The number of carbonyl (C=O) groups excluding carboxylic acids is 4. The number of ether oxygens (including phenoxy) is 2. The first-order valence-corrected chi connectivity index (χ1v) is 17.0. The van der Waals surface area contributed by atoms with Crippen molar-refractivity contribution in [3.8, 4) is 0 Å². The zero-order chi connectivity index (χ0) is 34.5. The van der Waals surface area contributed by atoms with E-state index in [1.807, 2.05) is 58.0 Å². The number of amides is 3. The van der Waals surface area contributed by atoms with E-state index in [1.54, 1.807) is 33.9 Å². The molecule has 3 aliphatic heterocycles. The van der Waals surface area contributed by atoms with Gasteiger partial charge in [0.25, 0.3) is 0 Å². The van der Waals surface area contributed by atoms with E-state index in [2.05, 4.69) is 13.2 Å². The second-order valence-corrected chi connectivity index (χ2v) is 14.1. The number of likely N-dealkylation sites (N-methyl/N-ethyl adjacent to an activating group) is 1. The third-order valence-electron chi connectivity index (χ3n) is 10.1. The molecule has 258 valence electrons. The van der Waals surface area contributed by atoms with E-state index in [9.17, 15) is 24.3 Å². The van der Waals surface area contributed by atoms with Crippen LogP contribution in [0.4, 0.5) is 0 Å². The summed E-state index contributed by atoms with van der Waals surface area (Å²) in [4.78, 5) is 61.2. The van der Waals surface area contributed by atoms with Crippen molar-refractivity contribution in [3.05, 3.63) is 61.2 Å². The number of hydrogen-bond donors (Lipinski definition) is 1. The van der Waals surface area contributed by atoms with Gasteiger partial charge < -0.3 is 29.3 Å². The minimum atomic E-state index is -1.16. The van der Waals surface area contributed by atoms with Gasteiger partial charge in [0.05, 0.1) is 24.0 Å². The van der Waals surface area contributed by atoms with Gasteiger partial charge in [-0.25, -0.2) is 0 Å². The molecule has 3 amide bonds. The van der Waals surface area contributed by atoms with Crippen molar-refractivity contribution < 1.29 is 33.8 Å². The Bertz CT molecular complexity index is 1310. The van der Waals surface area contributed by atoms with Gasteiger partial charge >= 0.3 is 5.97 Å². The van der Waals surface area contributed by atoms with Crippen molar-refractivity contribution in [2.75, 3.05) is 26.7 Å². The maximum Gasteiger partial charge on any atom is 0.313 e. The first-order chi connectivity index (χ1) is 22.3. The molecule has 4 rings (SSSR count). The molecule has 0 aliphatic carbocycles. The second-order valence-electron chi connectivity index (χ2n) is 14.1. The van der Waals surface area contributed by atoms with Crippen molar-refractivity contribution >= 4 is 23.7 Å². The SMILES string of the molecule is C=CCCC(=O)N(C)[C@H](C)[C@H](OC(=O)[C@@H]1[C@H]2C(=O)N(CCCCCO)[C@H](C(=O)N(CC=C)C(C)(C)C)[C@]23CC[C@H]1O3)c1ccccc1. The monoisotopic (exact) mass is 651 g/mol. The molecule has 1 N–H and O–H groups in total. The van der Waals surface area contributed by atoms with Crippen molar-refractivity contribution in [2.24, 2.45) is 11.8 Å². The molecule has 10 nitrogen and oxygen atoms in total. The summed E-state index contributed by atoms with van der Waals surface area (Å²) < 4.78 is 13.0. The maximum absolute atomic E-state index is 14.5. The molecular weight excluding hydrogens is 598 g/mol. The van der Waals surface area contributed by atoms with Crippen LogP contribution in [0.25, 0.3) is 0 Å². The van der Waals surface area contributed by atoms with Crippen molar-refractivity contribution in [3.63, 3.8) is 0 Å². The van der Waals surface area contributed by atoms with Crippen LogP contribution in [0, 0.1) is 11.8 Å². The smallest absolute Gasteiger partial charge is 0.313 e. The predicted octanol–water partition coefficient (Wildman–Crippen LogP) is 4.43. The number of aliphatic hydroxyl groups is 1. The third kappa shape index (κ3) is 7.18. The summed E-state index contributed by atoms with van der Waals surface area (Å²) in [5, 5.41) is 9.33. The maximum atomic E-state index is 14.5. The largest absolute Gasteiger partial charge is 0.455 e. The molecule has 3 fully saturated rings. The van der Waals surface area contributed by atoms with Crippen LogP contribution in [-0.4, -0.2) is 99.6 Å². The minimum Gasteiger partial charge on any atom is -0.455 e. The summed E-state index contributed by atoms with van der Waals surface area (Å²) in [6.45, 7) is 15.9. The Morgan fingerprint density at radius 2 is 1.85 bits per heavy atom. The van der Waals surface area contributed by atoms with Crippen LogP contribution in [-0.2, 0) is 28.7 Å². The van der Waals surface area contributed by atoms with E-state index >= 15 is 0 Å². The number of carbonyl (C=O) groups is 4. The molecule has 3 saturated heterocycles. The summed E-state index contributed by atoms with van der Waals surface area (Å²) in [6.07, 6.45) is 5.74. The fourth-order valence-corrected chi connectivity index (χ4v) is 7.61. The average Bonchev–Trinajstić information content (AvgIpc) is 3.69. The highest BCUT2D eigenvalue weighted by molar-refractivity contribution is 5.98. The number of hydrogen-bond acceptors (Lipinski definition) is 7.